The maximum absolute atomic E-state index is 12.8. The highest BCUT2D eigenvalue weighted by molar-refractivity contribution is 7.86. The van der Waals surface area contributed by atoms with Crippen molar-refractivity contribution in [1.29, 1.82) is 0 Å². The maximum Gasteiger partial charge on any atom is 0.327 e. The Kier molecular flexibility index (Phi) is 6.81. The Hall–Kier alpha value is -3.53. The Morgan fingerprint density at radius 1 is 1.03 bits per heavy atom. The number of aromatic nitrogens is 2. The second-order valence-electron chi connectivity index (χ2n) is 6.30. The van der Waals surface area contributed by atoms with Gasteiger partial charge in [-0.2, -0.15) is 0 Å². The Morgan fingerprint density at radius 3 is 2.42 bits per heavy atom. The van der Waals surface area contributed by atoms with Crippen LogP contribution in [-0.2, 0) is 20.4 Å². The van der Waals surface area contributed by atoms with Gasteiger partial charge >= 0.3 is 11.9 Å². The van der Waals surface area contributed by atoms with Crippen LogP contribution in [0.15, 0.2) is 47.9 Å². The van der Waals surface area contributed by atoms with E-state index in [2.05, 4.69) is 9.97 Å². The van der Waals surface area contributed by atoms with Crippen LogP contribution >= 0.6 is 0 Å². The van der Waals surface area contributed by atoms with Gasteiger partial charge in [0.25, 0.3) is 0 Å². The van der Waals surface area contributed by atoms with Gasteiger partial charge in [0.1, 0.15) is 22.4 Å². The molecule has 10 heteroatoms. The van der Waals surface area contributed by atoms with Crippen LogP contribution in [0.25, 0.3) is 10.8 Å². The molecule has 0 aliphatic rings. The summed E-state index contributed by atoms with van der Waals surface area (Å²) in [5.41, 5.74) is 0. The molecule has 3 rings (SSSR count). The smallest absolute Gasteiger partial charge is 0.327 e. The van der Waals surface area contributed by atoms with E-state index in [1.165, 1.54) is 46.7 Å². The van der Waals surface area contributed by atoms with Gasteiger partial charge in [0.05, 0.1) is 30.4 Å². The van der Waals surface area contributed by atoms with Crippen molar-refractivity contribution in [2.75, 3.05) is 14.2 Å². The van der Waals surface area contributed by atoms with Gasteiger partial charge in [-0.25, -0.2) is 9.97 Å². The van der Waals surface area contributed by atoms with Gasteiger partial charge in [0.15, 0.2) is 11.5 Å². The summed E-state index contributed by atoms with van der Waals surface area (Å²) in [4.78, 5) is 32.2. The molecular weight excluding hydrogens is 424 g/mol. The highest BCUT2D eigenvalue weighted by atomic mass is 32.2. The number of carbonyl (C=O) groups excluding carboxylic acids is 2. The minimum atomic E-state index is -1.75. The summed E-state index contributed by atoms with van der Waals surface area (Å²) in [6.07, 6.45) is 2.69. The monoisotopic (exact) mass is 444 g/mol. The largest absolute Gasteiger partial charge is 0.493 e. The van der Waals surface area contributed by atoms with Gasteiger partial charge in [-0.3, -0.25) is 13.8 Å². The number of benzene rings is 2. The zero-order valence-corrected chi connectivity index (χ0v) is 18.1. The van der Waals surface area contributed by atoms with Crippen LogP contribution in [0, 0.1) is 0 Å². The minimum Gasteiger partial charge on any atom is -0.493 e. The van der Waals surface area contributed by atoms with Crippen molar-refractivity contribution >= 4 is 33.5 Å². The lowest BCUT2D eigenvalue weighted by Gasteiger charge is -2.18. The van der Waals surface area contributed by atoms with Crippen molar-refractivity contribution in [2.24, 2.45) is 0 Å². The molecule has 2 unspecified atom stereocenters. The zero-order valence-electron chi connectivity index (χ0n) is 17.3. The first-order valence-corrected chi connectivity index (χ1v) is 10.3. The summed E-state index contributed by atoms with van der Waals surface area (Å²) in [6, 6.07) is 8.08. The summed E-state index contributed by atoms with van der Waals surface area (Å²) < 4.78 is 34.3. The van der Waals surface area contributed by atoms with Gasteiger partial charge in [0, 0.05) is 13.1 Å². The van der Waals surface area contributed by atoms with Crippen LogP contribution < -0.4 is 18.9 Å². The topological polar surface area (TPSA) is 114 Å². The number of hydrogen-bond acceptors (Lipinski definition) is 9. The van der Waals surface area contributed by atoms with Crippen molar-refractivity contribution in [3.63, 3.8) is 0 Å². The molecule has 0 N–H and O–H groups in total. The minimum absolute atomic E-state index is 0.0531. The molecule has 31 heavy (non-hydrogen) atoms. The lowest BCUT2D eigenvalue weighted by atomic mass is 10.1. The molecule has 9 nitrogen and oxygen atoms in total. The Morgan fingerprint density at radius 2 is 1.81 bits per heavy atom. The first-order valence-electron chi connectivity index (χ1n) is 9.11. The van der Waals surface area contributed by atoms with Crippen molar-refractivity contribution in [3.8, 4) is 23.0 Å². The third-order valence-electron chi connectivity index (χ3n) is 4.30. The molecule has 0 spiro atoms. The van der Waals surface area contributed by atoms with E-state index in [0.29, 0.717) is 16.5 Å². The standard InChI is InChI=1S/C21H20N2O7S/c1-12(31(26)17-8-9-22-11-23-17)21(25)30-15-7-5-6-14-10-16(27-3)19(28-4)20(18(14)15)29-13(2)24/h5-12H,1-4H3. The van der Waals surface area contributed by atoms with Crippen LogP contribution in [0.3, 0.4) is 0 Å². The van der Waals surface area contributed by atoms with E-state index in [0.717, 1.165) is 0 Å². The van der Waals surface area contributed by atoms with Crippen molar-refractivity contribution in [3.05, 3.63) is 42.9 Å². The molecule has 0 bridgehead atoms. The SMILES string of the molecule is COc1cc2cccc(OC(=O)C(C)S(=O)c3ccncn3)c2c(OC(C)=O)c1OC. The molecule has 0 amide bonds. The van der Waals surface area contributed by atoms with Crippen LogP contribution in [0.5, 0.6) is 23.0 Å². The highest BCUT2D eigenvalue weighted by Gasteiger charge is 2.27. The van der Waals surface area contributed by atoms with Crippen molar-refractivity contribution in [2.45, 2.75) is 24.1 Å². The van der Waals surface area contributed by atoms with Crippen molar-refractivity contribution in [1.82, 2.24) is 9.97 Å². The molecule has 0 aliphatic heterocycles. The zero-order chi connectivity index (χ0) is 22.5. The second kappa shape index (κ2) is 9.52. The third kappa shape index (κ3) is 4.64. The maximum atomic E-state index is 12.8. The Balaban J connectivity index is 2.05. The number of hydrogen-bond donors (Lipinski definition) is 0. The van der Waals surface area contributed by atoms with Gasteiger partial charge in [-0.05, 0) is 30.5 Å². The molecule has 1 aromatic heterocycles. The molecule has 3 aromatic rings. The summed E-state index contributed by atoms with van der Waals surface area (Å²) in [5.74, 6) is -0.650. The lowest BCUT2D eigenvalue weighted by Crippen LogP contribution is -2.28. The van der Waals surface area contributed by atoms with Gasteiger partial charge in [-0.15, -0.1) is 0 Å². The van der Waals surface area contributed by atoms with E-state index in [1.54, 1.807) is 24.3 Å². The molecule has 162 valence electrons. The molecule has 0 saturated carbocycles. The lowest BCUT2D eigenvalue weighted by molar-refractivity contribution is -0.133. The second-order valence-corrected chi connectivity index (χ2v) is 8.02. The quantitative estimate of drug-likeness (QED) is 0.308. The van der Waals surface area contributed by atoms with Gasteiger partial charge < -0.3 is 18.9 Å². The fourth-order valence-electron chi connectivity index (χ4n) is 2.87. The first kappa shape index (κ1) is 22.2. The number of rotatable bonds is 7. The number of methoxy groups -OCH3 is 2. The van der Waals surface area contributed by atoms with E-state index < -0.39 is 28.0 Å². The summed E-state index contributed by atoms with van der Waals surface area (Å²) in [7, 11) is 1.11. The molecule has 0 radical (unpaired) electrons. The van der Waals surface area contributed by atoms with E-state index >= 15 is 0 Å². The van der Waals surface area contributed by atoms with E-state index in [1.807, 2.05) is 0 Å². The Labute approximate surface area is 180 Å². The average molecular weight is 444 g/mol. The van der Waals surface area contributed by atoms with Crippen molar-refractivity contribution < 1.29 is 32.7 Å². The third-order valence-corrected chi connectivity index (χ3v) is 5.78. The molecule has 1 heterocycles. The van der Waals surface area contributed by atoms with Gasteiger partial charge in [0.2, 0.25) is 5.75 Å². The van der Waals surface area contributed by atoms with Crippen LogP contribution in [-0.4, -0.2) is 45.6 Å². The summed E-state index contributed by atoms with van der Waals surface area (Å²) >= 11 is 0. The Bertz CT molecular complexity index is 1150. The van der Waals surface area contributed by atoms with E-state index in [4.69, 9.17) is 18.9 Å². The number of ether oxygens (including phenoxy) is 4. The highest BCUT2D eigenvalue weighted by Crippen LogP contribution is 2.47. The van der Waals surface area contributed by atoms with E-state index in [-0.39, 0.29) is 22.3 Å². The number of esters is 2. The molecule has 0 saturated heterocycles. The predicted octanol–water partition coefficient (Wildman–Crippen LogP) is 2.67. The molecular formula is C21H20N2O7S. The summed E-state index contributed by atoms with van der Waals surface area (Å²) in [5, 5.41) is 0.124. The fraction of sp³-hybridized carbons (Fsp3) is 0.238. The average Bonchev–Trinajstić information content (AvgIpc) is 2.77. The van der Waals surface area contributed by atoms with Crippen LogP contribution in [0.4, 0.5) is 0 Å². The van der Waals surface area contributed by atoms with Gasteiger partial charge in [-0.1, -0.05) is 12.1 Å². The number of nitrogens with zero attached hydrogens (tertiary/aromatic N) is 2. The molecule has 2 aromatic carbocycles. The molecule has 2 atom stereocenters. The molecule has 0 aliphatic carbocycles. The van der Waals surface area contributed by atoms with Crippen LogP contribution in [0.2, 0.25) is 0 Å². The predicted molar refractivity (Wildman–Crippen MR) is 112 cm³/mol. The molecule has 0 fully saturated rings. The normalized spacial score (nSPS) is 12.6. The van der Waals surface area contributed by atoms with E-state index in [9.17, 15) is 13.8 Å². The fourth-order valence-corrected chi connectivity index (χ4v) is 3.80. The number of fused-ring (bicyclic) bond motifs is 1. The summed E-state index contributed by atoms with van der Waals surface area (Å²) in [6.45, 7) is 2.72. The van der Waals surface area contributed by atoms with Crippen LogP contribution in [0.1, 0.15) is 13.8 Å². The first-order chi connectivity index (χ1) is 14.9. The number of carbonyl (C=O) groups is 2.